The summed E-state index contributed by atoms with van der Waals surface area (Å²) in [6.07, 6.45) is 2.47. The highest BCUT2D eigenvalue weighted by molar-refractivity contribution is 9.09. The Morgan fingerprint density at radius 1 is 1.19 bits per heavy atom. The lowest BCUT2D eigenvalue weighted by atomic mass is 10.0. The van der Waals surface area contributed by atoms with Gasteiger partial charge >= 0.3 is 0 Å². The molecule has 0 amide bonds. The fraction of sp³-hybridized carbons (Fsp3) is 0.294. The number of benzene rings is 2. The average molecular weight is 350 g/mol. The van der Waals surface area contributed by atoms with Crippen LogP contribution in [0.15, 0.2) is 42.5 Å². The van der Waals surface area contributed by atoms with Crippen molar-refractivity contribution in [2.24, 2.45) is 0 Å². The molecule has 1 unspecified atom stereocenters. The molecule has 2 aromatic rings. The Labute approximate surface area is 132 Å². The van der Waals surface area contributed by atoms with Gasteiger partial charge < -0.3 is 10.4 Å². The Morgan fingerprint density at radius 3 is 2.67 bits per heavy atom. The van der Waals surface area contributed by atoms with Gasteiger partial charge in [0, 0.05) is 18.7 Å². The largest absolute Gasteiger partial charge is 0.396 e. The Balaban J connectivity index is 1.84. The molecule has 0 aliphatic carbocycles. The van der Waals surface area contributed by atoms with E-state index in [1.54, 1.807) is 12.1 Å². The van der Waals surface area contributed by atoms with E-state index >= 15 is 0 Å². The second kappa shape index (κ2) is 5.78. The van der Waals surface area contributed by atoms with E-state index in [2.05, 4.69) is 39.4 Å². The molecule has 0 saturated carbocycles. The molecule has 0 spiro atoms. The standard InChI is InChI=1S/C17H17BrFNO/c18-17(14-4-6-15(19)7-5-14)11-13-10-12(2-1-9-21)3-8-16(13)20-17/h3-8,10,20-21H,1-2,9,11H2. The number of hydrogen-bond acceptors (Lipinski definition) is 2. The maximum absolute atomic E-state index is 13.1. The van der Waals surface area contributed by atoms with Crippen molar-refractivity contribution in [3.8, 4) is 0 Å². The van der Waals surface area contributed by atoms with Crippen molar-refractivity contribution in [3.05, 3.63) is 65.0 Å². The summed E-state index contributed by atoms with van der Waals surface area (Å²) in [6.45, 7) is 0.216. The van der Waals surface area contributed by atoms with Crippen molar-refractivity contribution in [1.29, 1.82) is 0 Å². The molecule has 3 rings (SSSR count). The van der Waals surface area contributed by atoms with Crippen molar-refractivity contribution in [2.75, 3.05) is 11.9 Å². The SMILES string of the molecule is OCCCc1ccc2c(c1)CC(Br)(c1ccc(F)cc1)N2. The summed E-state index contributed by atoms with van der Waals surface area (Å²) < 4.78 is 12.7. The van der Waals surface area contributed by atoms with Gasteiger partial charge in [0.25, 0.3) is 0 Å². The number of aryl methyl sites for hydroxylation is 1. The highest BCUT2D eigenvalue weighted by atomic mass is 79.9. The van der Waals surface area contributed by atoms with E-state index in [9.17, 15) is 4.39 Å². The molecule has 2 N–H and O–H groups in total. The molecule has 1 aliphatic heterocycles. The first kappa shape index (κ1) is 14.5. The third-order valence-corrected chi connectivity index (χ3v) is 4.80. The number of nitrogens with one attached hydrogen (secondary N) is 1. The molecule has 4 heteroatoms. The molecule has 21 heavy (non-hydrogen) atoms. The van der Waals surface area contributed by atoms with Crippen LogP contribution in [0.3, 0.4) is 0 Å². The molecule has 1 atom stereocenters. The van der Waals surface area contributed by atoms with Gasteiger partial charge in [-0.2, -0.15) is 0 Å². The van der Waals surface area contributed by atoms with Crippen molar-refractivity contribution in [2.45, 2.75) is 23.7 Å². The first-order valence-electron chi connectivity index (χ1n) is 7.06. The lowest BCUT2D eigenvalue weighted by Crippen LogP contribution is -2.25. The molecule has 1 heterocycles. The minimum Gasteiger partial charge on any atom is -0.396 e. The maximum Gasteiger partial charge on any atom is 0.123 e. The second-order valence-corrected chi connectivity index (χ2v) is 6.78. The number of halogens is 2. The summed E-state index contributed by atoms with van der Waals surface area (Å²) in [7, 11) is 0. The minimum atomic E-state index is -0.376. The van der Waals surface area contributed by atoms with E-state index in [-0.39, 0.29) is 16.9 Å². The topological polar surface area (TPSA) is 32.3 Å². The molecule has 0 fully saturated rings. The summed E-state index contributed by atoms with van der Waals surface area (Å²) in [5.74, 6) is -0.225. The van der Waals surface area contributed by atoms with E-state index in [0.717, 1.165) is 30.5 Å². The number of anilines is 1. The third-order valence-electron chi connectivity index (χ3n) is 3.86. The van der Waals surface area contributed by atoms with Crippen LogP contribution in [-0.4, -0.2) is 11.7 Å². The quantitative estimate of drug-likeness (QED) is 0.646. The molecule has 0 radical (unpaired) electrons. The summed E-state index contributed by atoms with van der Waals surface area (Å²) >= 11 is 3.76. The van der Waals surface area contributed by atoms with Crippen LogP contribution in [0.2, 0.25) is 0 Å². The predicted molar refractivity (Wildman–Crippen MR) is 86.2 cm³/mol. The zero-order chi connectivity index (χ0) is 14.9. The van der Waals surface area contributed by atoms with Crippen LogP contribution in [0.1, 0.15) is 23.1 Å². The zero-order valence-corrected chi connectivity index (χ0v) is 13.2. The van der Waals surface area contributed by atoms with Crippen molar-refractivity contribution < 1.29 is 9.50 Å². The van der Waals surface area contributed by atoms with Crippen molar-refractivity contribution in [1.82, 2.24) is 0 Å². The van der Waals surface area contributed by atoms with Gasteiger partial charge in [0.05, 0.1) is 0 Å². The number of hydrogen-bond donors (Lipinski definition) is 2. The van der Waals surface area contributed by atoms with Crippen LogP contribution in [0.5, 0.6) is 0 Å². The van der Waals surface area contributed by atoms with E-state index in [0.29, 0.717) is 0 Å². The number of fused-ring (bicyclic) bond motifs is 1. The second-order valence-electron chi connectivity index (χ2n) is 5.43. The van der Waals surface area contributed by atoms with Crippen LogP contribution < -0.4 is 5.32 Å². The highest BCUT2D eigenvalue weighted by Crippen LogP contribution is 2.44. The molecule has 0 bridgehead atoms. The Bertz CT molecular complexity index is 644. The van der Waals surface area contributed by atoms with Crippen LogP contribution >= 0.6 is 15.9 Å². The minimum absolute atomic E-state index is 0.216. The molecule has 1 aliphatic rings. The first-order valence-corrected chi connectivity index (χ1v) is 7.86. The Morgan fingerprint density at radius 2 is 1.95 bits per heavy atom. The normalized spacial score (nSPS) is 20.1. The number of aliphatic hydroxyl groups is 1. The van der Waals surface area contributed by atoms with Crippen molar-refractivity contribution >= 4 is 21.6 Å². The fourth-order valence-corrected chi connectivity index (χ4v) is 3.54. The smallest absolute Gasteiger partial charge is 0.123 e. The van der Waals surface area contributed by atoms with Crippen LogP contribution in [0, 0.1) is 5.82 Å². The summed E-state index contributed by atoms with van der Waals surface area (Å²) in [4.78, 5) is 0. The van der Waals surface area contributed by atoms with Gasteiger partial charge in [0.1, 0.15) is 10.3 Å². The zero-order valence-electron chi connectivity index (χ0n) is 11.6. The highest BCUT2D eigenvalue weighted by Gasteiger charge is 2.35. The van der Waals surface area contributed by atoms with E-state index in [4.69, 9.17) is 5.11 Å². The first-order chi connectivity index (χ1) is 10.1. The lowest BCUT2D eigenvalue weighted by Gasteiger charge is -2.23. The molecule has 0 aromatic heterocycles. The average Bonchev–Trinajstić information content (AvgIpc) is 2.82. The molecule has 0 saturated heterocycles. The van der Waals surface area contributed by atoms with Crippen LogP contribution in [0.4, 0.5) is 10.1 Å². The van der Waals surface area contributed by atoms with Crippen LogP contribution in [-0.2, 0) is 17.3 Å². The van der Waals surface area contributed by atoms with Gasteiger partial charge in [-0.05, 0) is 47.7 Å². The monoisotopic (exact) mass is 349 g/mol. The third kappa shape index (κ3) is 2.97. The Kier molecular flexibility index (Phi) is 4.00. The summed E-state index contributed by atoms with van der Waals surface area (Å²) in [5, 5.41) is 12.4. The summed E-state index contributed by atoms with van der Waals surface area (Å²) in [5.41, 5.74) is 4.59. The van der Waals surface area contributed by atoms with Gasteiger partial charge in [-0.15, -0.1) is 0 Å². The van der Waals surface area contributed by atoms with E-state index < -0.39 is 0 Å². The van der Waals surface area contributed by atoms with E-state index in [1.165, 1.54) is 23.3 Å². The number of alkyl halides is 1. The van der Waals surface area contributed by atoms with Gasteiger partial charge in [0.15, 0.2) is 0 Å². The van der Waals surface area contributed by atoms with Gasteiger partial charge in [-0.3, -0.25) is 0 Å². The van der Waals surface area contributed by atoms with Gasteiger partial charge in [0.2, 0.25) is 0 Å². The Hall–Kier alpha value is -1.39. The van der Waals surface area contributed by atoms with E-state index in [1.807, 2.05) is 0 Å². The number of rotatable bonds is 4. The van der Waals surface area contributed by atoms with Gasteiger partial charge in [-0.25, -0.2) is 4.39 Å². The lowest BCUT2D eigenvalue weighted by molar-refractivity contribution is 0.288. The molecule has 110 valence electrons. The molecular formula is C17H17BrFNO. The summed E-state index contributed by atoms with van der Waals surface area (Å²) in [6, 6.07) is 12.9. The van der Waals surface area contributed by atoms with Crippen LogP contribution in [0.25, 0.3) is 0 Å². The number of aliphatic hydroxyl groups excluding tert-OH is 1. The maximum atomic E-state index is 13.1. The van der Waals surface area contributed by atoms with Gasteiger partial charge in [-0.1, -0.05) is 40.2 Å². The molecule has 2 nitrogen and oxygen atoms in total. The van der Waals surface area contributed by atoms with Crippen molar-refractivity contribution in [3.63, 3.8) is 0 Å². The molecular weight excluding hydrogens is 333 g/mol. The molecule has 2 aromatic carbocycles. The predicted octanol–water partition coefficient (Wildman–Crippen LogP) is 3.97. The fourth-order valence-electron chi connectivity index (χ4n) is 2.76.